The molecule has 1 atom stereocenters. The third kappa shape index (κ3) is 53.4. The first kappa shape index (κ1) is 64.4. The standard InChI is InChI=1S/C60H116O6/c1-6-7-8-9-10-11-12-13-14-15-16-17-18-21-24-30-35-40-45-50-58(61)64-53-57(54-65-59(62)51-46-41-36-31-27-26-29-34-39-44-49-56(4)5)66-60(63)52-47-42-37-32-25-22-19-20-23-28-33-38-43-48-55(2)3/h55-57H,6-54H2,1-5H3/t57-/m0/s1. The van der Waals surface area contributed by atoms with Gasteiger partial charge in [0.1, 0.15) is 13.2 Å². The van der Waals surface area contributed by atoms with Gasteiger partial charge in [-0.05, 0) is 31.1 Å². The van der Waals surface area contributed by atoms with E-state index in [1.54, 1.807) is 0 Å². The molecule has 0 aliphatic rings. The molecule has 6 heteroatoms. The summed E-state index contributed by atoms with van der Waals surface area (Å²) in [5.74, 6) is 0.818. The van der Waals surface area contributed by atoms with Crippen molar-refractivity contribution < 1.29 is 28.6 Å². The molecule has 0 heterocycles. The zero-order valence-corrected chi connectivity index (χ0v) is 45.3. The Kier molecular flexibility index (Phi) is 51.5. The van der Waals surface area contributed by atoms with Gasteiger partial charge in [-0.3, -0.25) is 14.4 Å². The van der Waals surface area contributed by atoms with Crippen LogP contribution >= 0.6 is 0 Å². The van der Waals surface area contributed by atoms with Crippen molar-refractivity contribution in [3.63, 3.8) is 0 Å². The average molecular weight is 934 g/mol. The lowest BCUT2D eigenvalue weighted by atomic mass is 10.0. The maximum absolute atomic E-state index is 12.9. The smallest absolute Gasteiger partial charge is 0.306 e. The molecule has 0 aromatic carbocycles. The zero-order valence-electron chi connectivity index (χ0n) is 45.3. The van der Waals surface area contributed by atoms with E-state index in [0.29, 0.717) is 19.3 Å². The van der Waals surface area contributed by atoms with Crippen LogP contribution in [0.3, 0.4) is 0 Å². The van der Waals surface area contributed by atoms with Crippen LogP contribution in [0.1, 0.15) is 336 Å². The fourth-order valence-corrected chi connectivity index (χ4v) is 9.23. The summed E-state index contributed by atoms with van der Waals surface area (Å²) >= 11 is 0. The molecule has 0 amide bonds. The lowest BCUT2D eigenvalue weighted by Crippen LogP contribution is -2.30. The maximum Gasteiger partial charge on any atom is 0.306 e. The van der Waals surface area contributed by atoms with Crippen LogP contribution in [0.25, 0.3) is 0 Å². The molecular weight excluding hydrogens is 817 g/mol. The highest BCUT2D eigenvalue weighted by Crippen LogP contribution is 2.18. The summed E-state index contributed by atoms with van der Waals surface area (Å²) < 4.78 is 16.9. The van der Waals surface area contributed by atoms with Crippen molar-refractivity contribution >= 4 is 17.9 Å². The lowest BCUT2D eigenvalue weighted by molar-refractivity contribution is -0.167. The van der Waals surface area contributed by atoms with Gasteiger partial charge in [-0.25, -0.2) is 0 Å². The van der Waals surface area contributed by atoms with E-state index in [2.05, 4.69) is 34.6 Å². The van der Waals surface area contributed by atoms with Gasteiger partial charge >= 0.3 is 17.9 Å². The number of ether oxygens (including phenoxy) is 3. The van der Waals surface area contributed by atoms with Gasteiger partial charge in [-0.15, -0.1) is 0 Å². The Morgan fingerprint density at radius 3 is 0.742 bits per heavy atom. The second-order valence-corrected chi connectivity index (χ2v) is 21.6. The molecule has 0 saturated carbocycles. The van der Waals surface area contributed by atoms with E-state index < -0.39 is 6.10 Å². The second-order valence-electron chi connectivity index (χ2n) is 21.6. The molecule has 0 rings (SSSR count). The van der Waals surface area contributed by atoms with Gasteiger partial charge < -0.3 is 14.2 Å². The molecular formula is C60H116O6. The van der Waals surface area contributed by atoms with Crippen LogP contribution < -0.4 is 0 Å². The lowest BCUT2D eigenvalue weighted by Gasteiger charge is -2.18. The number of esters is 3. The van der Waals surface area contributed by atoms with E-state index in [1.807, 2.05) is 0 Å². The highest BCUT2D eigenvalue weighted by Gasteiger charge is 2.19. The van der Waals surface area contributed by atoms with Crippen LogP contribution in [0, 0.1) is 11.8 Å². The van der Waals surface area contributed by atoms with E-state index in [4.69, 9.17) is 14.2 Å². The van der Waals surface area contributed by atoms with Gasteiger partial charge in [0.25, 0.3) is 0 Å². The molecule has 0 radical (unpaired) electrons. The summed E-state index contributed by atoms with van der Waals surface area (Å²) in [6.45, 7) is 11.4. The van der Waals surface area contributed by atoms with Crippen LogP contribution in [0.15, 0.2) is 0 Å². The van der Waals surface area contributed by atoms with Crippen LogP contribution in [-0.2, 0) is 28.6 Å². The molecule has 0 saturated heterocycles. The molecule has 0 aromatic heterocycles. The largest absolute Gasteiger partial charge is 0.462 e. The number of unbranched alkanes of at least 4 members (excludes halogenated alkanes) is 39. The molecule has 66 heavy (non-hydrogen) atoms. The zero-order chi connectivity index (χ0) is 48.2. The molecule has 392 valence electrons. The van der Waals surface area contributed by atoms with Crippen molar-refractivity contribution in [2.75, 3.05) is 13.2 Å². The van der Waals surface area contributed by atoms with E-state index in [0.717, 1.165) is 69.6 Å². The van der Waals surface area contributed by atoms with Crippen molar-refractivity contribution in [3.8, 4) is 0 Å². The Morgan fingerprint density at radius 2 is 0.500 bits per heavy atom. The van der Waals surface area contributed by atoms with Crippen LogP contribution in [0.5, 0.6) is 0 Å². The predicted molar refractivity (Wildman–Crippen MR) is 284 cm³/mol. The minimum atomic E-state index is -0.763. The maximum atomic E-state index is 12.9. The van der Waals surface area contributed by atoms with Crippen LogP contribution in [-0.4, -0.2) is 37.2 Å². The van der Waals surface area contributed by atoms with E-state index >= 15 is 0 Å². The summed E-state index contributed by atoms with van der Waals surface area (Å²) in [5, 5.41) is 0. The topological polar surface area (TPSA) is 78.9 Å². The fourth-order valence-electron chi connectivity index (χ4n) is 9.23. The third-order valence-electron chi connectivity index (χ3n) is 13.7. The van der Waals surface area contributed by atoms with Crippen molar-refractivity contribution in [2.24, 2.45) is 11.8 Å². The molecule has 0 bridgehead atoms. The van der Waals surface area contributed by atoms with Crippen molar-refractivity contribution in [1.82, 2.24) is 0 Å². The van der Waals surface area contributed by atoms with Gasteiger partial charge in [-0.2, -0.15) is 0 Å². The Labute approximate surface area is 412 Å². The summed E-state index contributed by atoms with van der Waals surface area (Å²) in [6.07, 6.45) is 56.7. The number of carbonyl (C=O) groups excluding carboxylic acids is 3. The van der Waals surface area contributed by atoms with E-state index in [-0.39, 0.29) is 31.1 Å². The number of hydrogen-bond donors (Lipinski definition) is 0. The SMILES string of the molecule is CCCCCCCCCCCCCCCCCCCCCC(=O)OC[C@@H](COC(=O)CCCCCCCCCCCCC(C)C)OC(=O)CCCCCCCCCCCCCCCC(C)C. The first-order valence-corrected chi connectivity index (χ1v) is 29.7. The third-order valence-corrected chi connectivity index (χ3v) is 13.7. The molecule has 0 aliphatic heterocycles. The minimum absolute atomic E-state index is 0.0627. The number of carbonyl (C=O) groups is 3. The average Bonchev–Trinajstić information content (AvgIpc) is 3.29. The summed E-state index contributed by atoms with van der Waals surface area (Å²) in [5.41, 5.74) is 0. The molecule has 0 aromatic rings. The highest BCUT2D eigenvalue weighted by molar-refractivity contribution is 5.71. The molecule has 0 N–H and O–H groups in total. The van der Waals surface area contributed by atoms with Crippen molar-refractivity contribution in [1.29, 1.82) is 0 Å². The van der Waals surface area contributed by atoms with Gasteiger partial charge in [0.15, 0.2) is 6.10 Å². The summed E-state index contributed by atoms with van der Waals surface area (Å²) in [6, 6.07) is 0. The van der Waals surface area contributed by atoms with E-state index in [1.165, 1.54) is 225 Å². The highest BCUT2D eigenvalue weighted by atomic mass is 16.6. The Bertz CT molecular complexity index is 1010. The monoisotopic (exact) mass is 933 g/mol. The predicted octanol–water partition coefficient (Wildman–Crippen LogP) is 19.7. The van der Waals surface area contributed by atoms with Crippen molar-refractivity contribution in [2.45, 2.75) is 343 Å². The second kappa shape index (κ2) is 52.8. The fraction of sp³-hybridized carbons (Fsp3) is 0.950. The van der Waals surface area contributed by atoms with E-state index in [9.17, 15) is 14.4 Å². The first-order chi connectivity index (χ1) is 32.2. The van der Waals surface area contributed by atoms with Gasteiger partial charge in [0, 0.05) is 19.3 Å². The van der Waals surface area contributed by atoms with Crippen LogP contribution in [0.4, 0.5) is 0 Å². The van der Waals surface area contributed by atoms with Gasteiger partial charge in [0.05, 0.1) is 0 Å². The van der Waals surface area contributed by atoms with Crippen molar-refractivity contribution in [3.05, 3.63) is 0 Å². The van der Waals surface area contributed by atoms with Crippen LogP contribution in [0.2, 0.25) is 0 Å². The van der Waals surface area contributed by atoms with Gasteiger partial charge in [0.2, 0.25) is 0 Å². The Balaban J connectivity index is 4.27. The molecule has 0 aliphatic carbocycles. The number of hydrogen-bond acceptors (Lipinski definition) is 6. The normalized spacial score (nSPS) is 12.0. The minimum Gasteiger partial charge on any atom is -0.462 e. The molecule has 0 fully saturated rings. The molecule has 0 unspecified atom stereocenters. The summed E-state index contributed by atoms with van der Waals surface area (Å²) in [4.78, 5) is 38.2. The molecule has 6 nitrogen and oxygen atoms in total. The number of rotatable bonds is 54. The quantitative estimate of drug-likeness (QED) is 0.0343. The Morgan fingerprint density at radius 1 is 0.288 bits per heavy atom. The Hall–Kier alpha value is -1.59. The molecule has 0 spiro atoms. The van der Waals surface area contributed by atoms with Gasteiger partial charge in [-0.1, -0.05) is 298 Å². The first-order valence-electron chi connectivity index (χ1n) is 29.7. The summed E-state index contributed by atoms with van der Waals surface area (Å²) in [7, 11) is 0.